The lowest BCUT2D eigenvalue weighted by atomic mass is 10.1. The SMILES string of the molecule is O=C(Nc1cccc(C(=O)N2CCN(c3ncccn3)CC2)c1)C1CC1. The summed E-state index contributed by atoms with van der Waals surface area (Å²) in [6.45, 7) is 2.65. The zero-order chi connectivity index (χ0) is 17.9. The molecule has 2 aromatic rings. The van der Waals surface area contributed by atoms with Crippen LogP contribution in [0.4, 0.5) is 11.6 Å². The molecule has 0 unspecified atom stereocenters. The van der Waals surface area contributed by atoms with E-state index >= 15 is 0 Å². The van der Waals surface area contributed by atoms with Gasteiger partial charge in [-0.15, -0.1) is 0 Å². The number of piperazine rings is 1. The Bertz CT molecular complexity index is 799. The number of carbonyl (C=O) groups is 2. The van der Waals surface area contributed by atoms with E-state index < -0.39 is 0 Å². The van der Waals surface area contributed by atoms with Crippen molar-refractivity contribution in [3.05, 3.63) is 48.3 Å². The van der Waals surface area contributed by atoms with E-state index in [1.165, 1.54) is 0 Å². The second kappa shape index (κ2) is 7.11. The number of nitrogens with zero attached hydrogens (tertiary/aromatic N) is 4. The molecule has 1 saturated heterocycles. The topological polar surface area (TPSA) is 78.4 Å². The van der Waals surface area contributed by atoms with Crippen molar-refractivity contribution in [2.75, 3.05) is 36.4 Å². The van der Waals surface area contributed by atoms with Gasteiger partial charge in [-0.05, 0) is 37.1 Å². The summed E-state index contributed by atoms with van der Waals surface area (Å²) >= 11 is 0. The highest BCUT2D eigenvalue weighted by atomic mass is 16.2. The molecule has 2 aliphatic rings. The Kier molecular flexibility index (Phi) is 4.51. The summed E-state index contributed by atoms with van der Waals surface area (Å²) < 4.78 is 0. The second-order valence-electron chi connectivity index (χ2n) is 6.67. The molecule has 1 aliphatic carbocycles. The molecule has 0 atom stereocenters. The van der Waals surface area contributed by atoms with E-state index in [0.717, 1.165) is 12.8 Å². The van der Waals surface area contributed by atoms with Gasteiger partial charge in [-0.3, -0.25) is 9.59 Å². The maximum atomic E-state index is 12.8. The van der Waals surface area contributed by atoms with Crippen LogP contribution in [-0.4, -0.2) is 52.9 Å². The molecule has 2 amide bonds. The van der Waals surface area contributed by atoms with E-state index in [1.807, 2.05) is 17.0 Å². The maximum Gasteiger partial charge on any atom is 0.254 e. The molecule has 1 aliphatic heterocycles. The number of benzene rings is 1. The van der Waals surface area contributed by atoms with E-state index in [-0.39, 0.29) is 17.7 Å². The van der Waals surface area contributed by atoms with Gasteiger partial charge in [0.15, 0.2) is 0 Å². The van der Waals surface area contributed by atoms with Crippen LogP contribution in [0.15, 0.2) is 42.7 Å². The second-order valence-corrected chi connectivity index (χ2v) is 6.67. The quantitative estimate of drug-likeness (QED) is 0.909. The van der Waals surface area contributed by atoms with Crippen LogP contribution in [0.5, 0.6) is 0 Å². The Labute approximate surface area is 152 Å². The monoisotopic (exact) mass is 351 g/mol. The number of hydrogen-bond donors (Lipinski definition) is 1. The van der Waals surface area contributed by atoms with Crippen LogP contribution in [0.2, 0.25) is 0 Å². The Morgan fingerprint density at radius 2 is 1.73 bits per heavy atom. The molecule has 0 spiro atoms. The molecule has 1 N–H and O–H groups in total. The van der Waals surface area contributed by atoms with E-state index in [1.54, 1.807) is 30.6 Å². The number of aromatic nitrogens is 2. The van der Waals surface area contributed by atoms with E-state index in [4.69, 9.17) is 0 Å². The highest BCUT2D eigenvalue weighted by molar-refractivity contribution is 5.98. The van der Waals surface area contributed by atoms with Gasteiger partial charge in [-0.2, -0.15) is 0 Å². The van der Waals surface area contributed by atoms with Gasteiger partial charge in [0.05, 0.1) is 0 Å². The Hall–Kier alpha value is -2.96. The third kappa shape index (κ3) is 3.66. The molecule has 0 bridgehead atoms. The molecule has 1 saturated carbocycles. The zero-order valence-electron chi connectivity index (χ0n) is 14.5. The molecule has 1 aromatic carbocycles. The van der Waals surface area contributed by atoms with Gasteiger partial charge in [-0.25, -0.2) is 9.97 Å². The first-order valence-corrected chi connectivity index (χ1v) is 8.93. The van der Waals surface area contributed by atoms with Crippen molar-refractivity contribution in [1.82, 2.24) is 14.9 Å². The first-order valence-electron chi connectivity index (χ1n) is 8.93. The predicted molar refractivity (Wildman–Crippen MR) is 97.9 cm³/mol. The average molecular weight is 351 g/mol. The van der Waals surface area contributed by atoms with Crippen molar-refractivity contribution in [3.63, 3.8) is 0 Å². The number of carbonyl (C=O) groups excluding carboxylic acids is 2. The van der Waals surface area contributed by atoms with E-state index in [9.17, 15) is 9.59 Å². The largest absolute Gasteiger partial charge is 0.337 e. The molecule has 2 fully saturated rings. The summed E-state index contributed by atoms with van der Waals surface area (Å²) in [5.74, 6) is 0.874. The van der Waals surface area contributed by atoms with Crippen LogP contribution in [0.25, 0.3) is 0 Å². The first-order chi connectivity index (χ1) is 12.7. The lowest BCUT2D eigenvalue weighted by Crippen LogP contribution is -2.49. The van der Waals surface area contributed by atoms with Gasteiger partial charge < -0.3 is 15.1 Å². The molecule has 0 radical (unpaired) electrons. The maximum absolute atomic E-state index is 12.8. The summed E-state index contributed by atoms with van der Waals surface area (Å²) in [5, 5.41) is 2.90. The fraction of sp³-hybridized carbons (Fsp3) is 0.368. The Balaban J connectivity index is 1.38. The highest BCUT2D eigenvalue weighted by Crippen LogP contribution is 2.30. The summed E-state index contributed by atoms with van der Waals surface area (Å²) in [4.78, 5) is 37.1. The van der Waals surface area contributed by atoms with Gasteiger partial charge in [0.2, 0.25) is 11.9 Å². The third-order valence-corrected chi connectivity index (χ3v) is 4.73. The van der Waals surface area contributed by atoms with Crippen LogP contribution in [-0.2, 0) is 4.79 Å². The van der Waals surface area contributed by atoms with Crippen molar-refractivity contribution < 1.29 is 9.59 Å². The summed E-state index contributed by atoms with van der Waals surface area (Å²) in [6.07, 6.45) is 5.36. The van der Waals surface area contributed by atoms with Crippen LogP contribution >= 0.6 is 0 Å². The normalized spacial score (nSPS) is 17.1. The van der Waals surface area contributed by atoms with Crippen molar-refractivity contribution in [2.45, 2.75) is 12.8 Å². The van der Waals surface area contributed by atoms with Crippen molar-refractivity contribution in [3.8, 4) is 0 Å². The fourth-order valence-electron chi connectivity index (χ4n) is 3.07. The lowest BCUT2D eigenvalue weighted by molar-refractivity contribution is -0.117. The van der Waals surface area contributed by atoms with Gasteiger partial charge >= 0.3 is 0 Å². The number of hydrogen-bond acceptors (Lipinski definition) is 5. The minimum atomic E-state index is -0.0128. The van der Waals surface area contributed by atoms with E-state index in [2.05, 4.69) is 20.2 Å². The van der Waals surface area contributed by atoms with Gasteiger partial charge in [0, 0.05) is 55.7 Å². The average Bonchev–Trinajstić information content (AvgIpc) is 3.54. The molecule has 2 heterocycles. The van der Waals surface area contributed by atoms with Gasteiger partial charge in [0.25, 0.3) is 5.91 Å². The molecule has 7 heteroatoms. The number of anilines is 2. The third-order valence-electron chi connectivity index (χ3n) is 4.73. The first kappa shape index (κ1) is 16.5. The Morgan fingerprint density at radius 3 is 2.42 bits per heavy atom. The number of rotatable bonds is 4. The molecular formula is C19H21N5O2. The summed E-state index contributed by atoms with van der Waals surface area (Å²) in [7, 11) is 0. The van der Waals surface area contributed by atoms with Crippen molar-refractivity contribution in [2.24, 2.45) is 5.92 Å². The van der Waals surface area contributed by atoms with Gasteiger partial charge in [-0.1, -0.05) is 6.07 Å². The minimum Gasteiger partial charge on any atom is -0.337 e. The predicted octanol–water partition coefficient (Wildman–Crippen LogP) is 1.79. The highest BCUT2D eigenvalue weighted by Gasteiger charge is 2.29. The van der Waals surface area contributed by atoms with Gasteiger partial charge in [0.1, 0.15) is 0 Å². The zero-order valence-corrected chi connectivity index (χ0v) is 14.5. The van der Waals surface area contributed by atoms with Crippen LogP contribution in [0, 0.1) is 5.92 Å². The van der Waals surface area contributed by atoms with E-state index in [0.29, 0.717) is 43.4 Å². The number of nitrogens with one attached hydrogen (secondary N) is 1. The minimum absolute atomic E-state index is 0.0128. The molecule has 7 nitrogen and oxygen atoms in total. The van der Waals surface area contributed by atoms with Crippen molar-refractivity contribution in [1.29, 1.82) is 0 Å². The standard InChI is InChI=1S/C19H21N5O2/c25-17(14-5-6-14)22-16-4-1-3-15(13-16)18(26)23-9-11-24(12-10-23)19-20-7-2-8-21-19/h1-4,7-8,13-14H,5-6,9-12H2,(H,22,25). The number of amides is 2. The summed E-state index contributed by atoms with van der Waals surface area (Å²) in [6, 6.07) is 8.97. The van der Waals surface area contributed by atoms with Crippen LogP contribution in [0.3, 0.4) is 0 Å². The molecule has 26 heavy (non-hydrogen) atoms. The summed E-state index contributed by atoms with van der Waals surface area (Å²) in [5.41, 5.74) is 1.28. The van der Waals surface area contributed by atoms with Crippen LogP contribution in [0.1, 0.15) is 23.2 Å². The smallest absolute Gasteiger partial charge is 0.254 e. The Morgan fingerprint density at radius 1 is 1.00 bits per heavy atom. The molecular weight excluding hydrogens is 330 g/mol. The fourth-order valence-corrected chi connectivity index (χ4v) is 3.07. The van der Waals surface area contributed by atoms with Crippen molar-refractivity contribution >= 4 is 23.5 Å². The molecule has 1 aromatic heterocycles. The van der Waals surface area contributed by atoms with Crippen LogP contribution < -0.4 is 10.2 Å². The lowest BCUT2D eigenvalue weighted by Gasteiger charge is -2.34. The molecule has 134 valence electrons. The molecule has 4 rings (SSSR count).